The van der Waals surface area contributed by atoms with Gasteiger partial charge in [-0.15, -0.1) is 0 Å². The van der Waals surface area contributed by atoms with E-state index in [1.54, 1.807) is 24.5 Å². The molecule has 4 nitrogen and oxygen atoms in total. The average Bonchev–Trinajstić information content (AvgIpc) is 2.54. The number of nitrogens with one attached hydrogen (secondary N) is 2. The topological polar surface area (TPSA) is 54.0 Å². The number of hydrogen-bond donors (Lipinski definition) is 2. The van der Waals surface area contributed by atoms with Crippen LogP contribution < -0.4 is 10.0 Å². The van der Waals surface area contributed by atoms with Gasteiger partial charge in [0.2, 0.25) is 0 Å². The van der Waals surface area contributed by atoms with Gasteiger partial charge in [-0.05, 0) is 42.0 Å². The minimum absolute atomic E-state index is 0. The van der Waals surface area contributed by atoms with Crippen molar-refractivity contribution in [2.24, 2.45) is 0 Å². The Kier molecular flexibility index (Phi) is 13.2. The van der Waals surface area contributed by atoms with Crippen molar-refractivity contribution >= 4 is 17.9 Å². The monoisotopic (exact) mass is 468 g/mol. The fourth-order valence-corrected chi connectivity index (χ4v) is 1.98. The fraction of sp³-hybridized carbons (Fsp3) is 0.222. The van der Waals surface area contributed by atoms with Crippen LogP contribution >= 0.6 is 11.9 Å². The Morgan fingerprint density at radius 3 is 2.17 bits per heavy atom. The quantitative estimate of drug-likeness (QED) is 0.514. The van der Waals surface area contributed by atoms with Crippen LogP contribution in [0.5, 0.6) is 0 Å². The van der Waals surface area contributed by atoms with Crippen molar-refractivity contribution in [3.8, 4) is 0 Å². The number of pyridine rings is 1. The maximum absolute atomic E-state index is 11.9. The van der Waals surface area contributed by atoms with Gasteiger partial charge in [-0.25, -0.2) is 0 Å². The summed E-state index contributed by atoms with van der Waals surface area (Å²) in [4.78, 5) is 16.9. The molecule has 0 aliphatic carbocycles. The zero-order valence-corrected chi connectivity index (χ0v) is 18.8. The van der Waals surface area contributed by atoms with Gasteiger partial charge in [-0.1, -0.05) is 11.9 Å². The zero-order valence-electron chi connectivity index (χ0n) is 14.4. The molecule has 1 heterocycles. The summed E-state index contributed by atoms with van der Waals surface area (Å²) in [6, 6.07) is 11.1. The molecule has 127 valence electrons. The molecular weight excluding hydrogens is 445 g/mol. The SMILES string of the molecule is C[C-](C)C.[CH2-]NSc1ccc(C(=O)NCc2ccncc2)cc1.[La]. The number of carbonyl (C=O) groups excluding carboxylic acids is 1. The van der Waals surface area contributed by atoms with Crippen molar-refractivity contribution in [3.05, 3.63) is 72.9 Å². The molecule has 0 saturated carbocycles. The Bertz CT molecular complexity index is 574. The molecule has 0 unspecified atom stereocenters. The first-order valence-corrected chi connectivity index (χ1v) is 8.07. The summed E-state index contributed by atoms with van der Waals surface area (Å²) >= 11 is 1.41. The van der Waals surface area contributed by atoms with Crippen LogP contribution in [0.1, 0.15) is 36.7 Å². The molecule has 2 N–H and O–H groups in total. The molecule has 0 spiro atoms. The summed E-state index contributed by atoms with van der Waals surface area (Å²) < 4.78 is 2.74. The van der Waals surface area contributed by atoms with Crippen molar-refractivity contribution in [3.63, 3.8) is 0 Å². The van der Waals surface area contributed by atoms with Gasteiger partial charge in [0.15, 0.2) is 0 Å². The maximum Gasteiger partial charge on any atom is 0.251 e. The molecule has 0 atom stereocenters. The predicted molar refractivity (Wildman–Crippen MR) is 96.5 cm³/mol. The normalized spacial score (nSPS) is 9.54. The first kappa shape index (κ1) is 23.3. The van der Waals surface area contributed by atoms with Crippen molar-refractivity contribution in [1.82, 2.24) is 15.0 Å². The molecule has 6 heteroatoms. The Balaban J connectivity index is 0.000000954. The number of hydrogen-bond acceptors (Lipinski definition) is 4. The van der Waals surface area contributed by atoms with Gasteiger partial charge in [0.25, 0.3) is 5.91 Å². The van der Waals surface area contributed by atoms with Crippen LogP contribution in [0.15, 0.2) is 53.7 Å². The minimum atomic E-state index is -0.0871. The third kappa shape index (κ3) is 10.3. The smallest absolute Gasteiger partial charge is 0.251 e. The number of aromatic nitrogens is 1. The average molecular weight is 468 g/mol. The molecule has 0 fully saturated rings. The maximum atomic E-state index is 11.9. The van der Waals surface area contributed by atoms with Crippen LogP contribution in [0.25, 0.3) is 0 Å². The molecule has 1 aromatic heterocycles. The van der Waals surface area contributed by atoms with Crippen molar-refractivity contribution in [1.29, 1.82) is 0 Å². The standard InChI is InChI=1S/C14H14N3OS.C4H9.La/c1-15-19-13-4-2-12(3-5-13)14(18)17-10-11-6-8-16-9-7-11;1-4(2)3;/h2-9,15H,1,10H2,(H,17,18);1-3H3;/q2*-1;. The summed E-state index contributed by atoms with van der Waals surface area (Å²) in [7, 11) is 3.53. The zero-order chi connectivity index (χ0) is 17.1. The van der Waals surface area contributed by atoms with Crippen molar-refractivity contribution in [2.75, 3.05) is 0 Å². The van der Waals surface area contributed by atoms with Crippen LogP contribution in [-0.4, -0.2) is 10.9 Å². The van der Waals surface area contributed by atoms with Gasteiger partial charge in [0, 0.05) is 65.0 Å². The van der Waals surface area contributed by atoms with Gasteiger partial charge >= 0.3 is 0 Å². The molecule has 0 aliphatic heterocycles. The molecule has 1 amide bonds. The second-order valence-corrected chi connectivity index (χ2v) is 6.27. The second kappa shape index (κ2) is 13.6. The van der Waals surface area contributed by atoms with Gasteiger partial charge in [-0.3, -0.25) is 16.8 Å². The van der Waals surface area contributed by atoms with E-state index >= 15 is 0 Å². The molecular formula is C18H23LaN3OS-2. The van der Waals surface area contributed by atoms with Crippen LogP contribution in [0.3, 0.4) is 0 Å². The van der Waals surface area contributed by atoms with Gasteiger partial charge in [0.1, 0.15) is 0 Å². The van der Waals surface area contributed by atoms with E-state index in [0.717, 1.165) is 10.5 Å². The van der Waals surface area contributed by atoms with Gasteiger partial charge < -0.3 is 16.0 Å². The third-order valence-corrected chi connectivity index (χ3v) is 3.16. The summed E-state index contributed by atoms with van der Waals surface area (Å²) in [5, 5.41) is 2.87. The van der Waals surface area contributed by atoms with Gasteiger partial charge in [-0.2, -0.15) is 20.8 Å². The predicted octanol–water partition coefficient (Wildman–Crippen LogP) is 4.02. The summed E-state index contributed by atoms with van der Waals surface area (Å²) in [6.45, 7) is 6.75. The van der Waals surface area contributed by atoms with Crippen molar-refractivity contribution in [2.45, 2.75) is 32.2 Å². The Morgan fingerprint density at radius 1 is 1.12 bits per heavy atom. The number of rotatable bonds is 5. The van der Waals surface area contributed by atoms with E-state index in [1.165, 1.54) is 17.9 Å². The molecule has 2 rings (SSSR count). The molecule has 0 aliphatic rings. The molecule has 0 saturated heterocycles. The number of nitrogens with zero attached hydrogens (tertiary/aromatic N) is 1. The second-order valence-electron chi connectivity index (χ2n) is 5.31. The Hall–Kier alpha value is -0.655. The molecule has 2 aromatic rings. The summed E-state index contributed by atoms with van der Waals surface area (Å²) in [5.41, 5.74) is 1.67. The van der Waals surface area contributed by atoms with Crippen LogP contribution in [0.4, 0.5) is 0 Å². The van der Waals surface area contributed by atoms with Crippen LogP contribution in [0.2, 0.25) is 0 Å². The largest absolute Gasteiger partial charge is 0.414 e. The Morgan fingerprint density at radius 2 is 1.67 bits per heavy atom. The van der Waals surface area contributed by atoms with E-state index in [1.807, 2.05) is 24.3 Å². The first-order chi connectivity index (χ1) is 11.0. The summed E-state index contributed by atoms with van der Waals surface area (Å²) in [5.74, 6) is 1.33. The minimum Gasteiger partial charge on any atom is -0.414 e. The third-order valence-electron chi connectivity index (χ3n) is 2.51. The van der Waals surface area contributed by atoms with E-state index in [4.69, 9.17) is 0 Å². The van der Waals surface area contributed by atoms with E-state index in [9.17, 15) is 4.79 Å². The van der Waals surface area contributed by atoms with Crippen molar-refractivity contribution < 1.29 is 40.4 Å². The molecule has 1 radical (unpaired) electrons. The van der Waals surface area contributed by atoms with E-state index < -0.39 is 0 Å². The molecule has 0 bridgehead atoms. The molecule has 1 aromatic carbocycles. The van der Waals surface area contributed by atoms with E-state index in [2.05, 4.69) is 42.8 Å². The van der Waals surface area contributed by atoms with Crippen LogP contribution in [-0.2, 0) is 6.54 Å². The number of benzene rings is 1. The van der Waals surface area contributed by atoms with Gasteiger partial charge in [0.05, 0.1) is 0 Å². The number of amides is 1. The first-order valence-electron chi connectivity index (χ1n) is 7.25. The fourth-order valence-electron chi connectivity index (χ4n) is 1.54. The molecule has 24 heavy (non-hydrogen) atoms. The van der Waals surface area contributed by atoms with E-state index in [-0.39, 0.29) is 41.5 Å². The van der Waals surface area contributed by atoms with Crippen LogP contribution in [0, 0.1) is 48.6 Å². The summed E-state index contributed by atoms with van der Waals surface area (Å²) in [6.07, 6.45) is 3.42. The van der Waals surface area contributed by atoms with E-state index in [0.29, 0.717) is 12.1 Å². The Labute approximate surface area is 177 Å². The number of carbonyl (C=O) groups is 1.